The summed E-state index contributed by atoms with van der Waals surface area (Å²) in [6.45, 7) is 0. The van der Waals surface area contributed by atoms with Gasteiger partial charge in [-0.2, -0.15) is 0 Å². The minimum atomic E-state index is -1.12. The number of hydrogen-bond donors (Lipinski definition) is 1. The summed E-state index contributed by atoms with van der Waals surface area (Å²) in [4.78, 5) is 0. The minimum absolute atomic E-state index is 0.194. The van der Waals surface area contributed by atoms with Gasteiger partial charge in [0, 0.05) is 0 Å². The molecule has 0 unspecified atom stereocenters. The highest BCUT2D eigenvalue weighted by Crippen LogP contribution is 2.36. The SMILES string of the molecule is ClCCl.OC(c1ccccc1)(c1ccccc1)c1ccccc1. The second-order valence-corrected chi connectivity index (χ2v) is 5.72. The predicted molar refractivity (Wildman–Crippen MR) is 98.0 cm³/mol. The van der Waals surface area contributed by atoms with E-state index in [4.69, 9.17) is 23.2 Å². The molecule has 3 aromatic carbocycles. The molecule has 0 amide bonds. The van der Waals surface area contributed by atoms with Crippen molar-refractivity contribution in [3.63, 3.8) is 0 Å². The molecule has 0 aromatic heterocycles. The second kappa shape index (κ2) is 8.73. The van der Waals surface area contributed by atoms with Crippen molar-refractivity contribution >= 4 is 23.2 Å². The normalized spacial score (nSPS) is 10.6. The predicted octanol–water partition coefficient (Wildman–Crippen LogP) is 5.39. The quantitative estimate of drug-likeness (QED) is 0.498. The summed E-state index contributed by atoms with van der Waals surface area (Å²) in [7, 11) is 0. The molecule has 0 radical (unpaired) electrons. The van der Waals surface area contributed by atoms with E-state index in [9.17, 15) is 5.11 Å². The third-order valence-electron chi connectivity index (χ3n) is 3.57. The summed E-state index contributed by atoms with van der Waals surface area (Å²) in [6.07, 6.45) is 0. The van der Waals surface area contributed by atoms with Crippen molar-refractivity contribution in [1.82, 2.24) is 0 Å². The molecule has 3 heteroatoms. The molecular weight excluding hydrogens is 327 g/mol. The molecule has 23 heavy (non-hydrogen) atoms. The fourth-order valence-corrected chi connectivity index (χ4v) is 2.54. The van der Waals surface area contributed by atoms with Crippen LogP contribution in [0, 0.1) is 0 Å². The first-order valence-corrected chi connectivity index (χ1v) is 8.31. The molecule has 118 valence electrons. The van der Waals surface area contributed by atoms with Gasteiger partial charge in [-0.15, -0.1) is 23.2 Å². The Labute approximate surface area is 147 Å². The first-order valence-electron chi connectivity index (χ1n) is 7.24. The van der Waals surface area contributed by atoms with Crippen LogP contribution in [0.1, 0.15) is 16.7 Å². The van der Waals surface area contributed by atoms with Gasteiger partial charge in [-0.1, -0.05) is 91.0 Å². The Morgan fingerprint density at radius 3 is 1.00 bits per heavy atom. The van der Waals surface area contributed by atoms with Crippen LogP contribution < -0.4 is 0 Å². The summed E-state index contributed by atoms with van der Waals surface area (Å²) in [5.74, 6) is 0. The van der Waals surface area contributed by atoms with E-state index < -0.39 is 5.60 Å². The smallest absolute Gasteiger partial charge is 0.140 e. The van der Waals surface area contributed by atoms with Crippen LogP contribution in [0.25, 0.3) is 0 Å². The summed E-state index contributed by atoms with van der Waals surface area (Å²) in [5.41, 5.74) is 1.50. The van der Waals surface area contributed by atoms with Crippen molar-refractivity contribution in [3.8, 4) is 0 Å². The molecule has 0 saturated carbocycles. The highest BCUT2D eigenvalue weighted by molar-refractivity contribution is 6.40. The molecule has 0 aliphatic carbocycles. The lowest BCUT2D eigenvalue weighted by atomic mass is 9.80. The number of benzene rings is 3. The summed E-state index contributed by atoms with van der Waals surface area (Å²) in [6, 6.07) is 29.3. The van der Waals surface area contributed by atoms with Gasteiger partial charge in [0.05, 0.1) is 5.34 Å². The van der Waals surface area contributed by atoms with Crippen LogP contribution in [-0.4, -0.2) is 10.4 Å². The number of rotatable bonds is 3. The van der Waals surface area contributed by atoms with E-state index in [0.29, 0.717) is 0 Å². The van der Waals surface area contributed by atoms with E-state index in [1.165, 1.54) is 0 Å². The molecule has 0 spiro atoms. The van der Waals surface area contributed by atoms with Crippen LogP contribution >= 0.6 is 23.2 Å². The van der Waals surface area contributed by atoms with Crippen LogP contribution in [0.5, 0.6) is 0 Å². The molecule has 0 aliphatic heterocycles. The van der Waals surface area contributed by atoms with Crippen LogP contribution in [0.15, 0.2) is 91.0 Å². The Hall–Kier alpha value is -1.80. The fraction of sp³-hybridized carbons (Fsp3) is 0.100. The van der Waals surface area contributed by atoms with Crippen LogP contribution in [0.4, 0.5) is 0 Å². The standard InChI is InChI=1S/C19H16O.CH2Cl2/c20-19(16-10-4-1-5-11-16,17-12-6-2-7-13-17)18-14-8-3-9-15-18;2-1-3/h1-15,20H;1H2. The third kappa shape index (κ3) is 4.14. The maximum absolute atomic E-state index is 11.4. The van der Waals surface area contributed by atoms with Gasteiger partial charge in [-0.3, -0.25) is 0 Å². The largest absolute Gasteiger partial charge is 0.376 e. The van der Waals surface area contributed by atoms with E-state index in [1.807, 2.05) is 91.0 Å². The molecule has 0 atom stereocenters. The van der Waals surface area contributed by atoms with Crippen LogP contribution in [0.3, 0.4) is 0 Å². The lowest BCUT2D eigenvalue weighted by Crippen LogP contribution is -2.28. The second-order valence-electron chi connectivity index (χ2n) is 4.91. The van der Waals surface area contributed by atoms with Crippen molar-refractivity contribution in [1.29, 1.82) is 0 Å². The zero-order chi connectivity index (χ0) is 16.5. The Morgan fingerprint density at radius 2 is 0.783 bits per heavy atom. The average Bonchev–Trinajstić information content (AvgIpc) is 2.64. The van der Waals surface area contributed by atoms with Crippen molar-refractivity contribution in [2.75, 3.05) is 5.34 Å². The number of hydrogen-bond acceptors (Lipinski definition) is 1. The fourth-order valence-electron chi connectivity index (χ4n) is 2.54. The zero-order valence-corrected chi connectivity index (χ0v) is 14.1. The van der Waals surface area contributed by atoms with E-state index >= 15 is 0 Å². The highest BCUT2D eigenvalue weighted by atomic mass is 35.5. The van der Waals surface area contributed by atoms with Crippen molar-refractivity contribution in [3.05, 3.63) is 108 Å². The molecule has 3 rings (SSSR count). The monoisotopic (exact) mass is 344 g/mol. The first-order chi connectivity index (χ1) is 11.2. The molecule has 1 N–H and O–H groups in total. The van der Waals surface area contributed by atoms with Crippen LogP contribution in [-0.2, 0) is 5.60 Å². The Bertz CT molecular complexity index is 588. The van der Waals surface area contributed by atoms with Gasteiger partial charge in [0.15, 0.2) is 0 Å². The summed E-state index contributed by atoms with van der Waals surface area (Å²) >= 11 is 9.53. The summed E-state index contributed by atoms with van der Waals surface area (Å²) < 4.78 is 0. The minimum Gasteiger partial charge on any atom is -0.376 e. The molecule has 0 fully saturated rings. The van der Waals surface area contributed by atoms with E-state index in [0.717, 1.165) is 16.7 Å². The lowest BCUT2D eigenvalue weighted by Gasteiger charge is -2.30. The molecule has 3 aromatic rings. The number of halogens is 2. The molecule has 0 bridgehead atoms. The van der Waals surface area contributed by atoms with Crippen molar-refractivity contribution in [2.45, 2.75) is 5.60 Å². The van der Waals surface area contributed by atoms with E-state index in [-0.39, 0.29) is 5.34 Å². The molecule has 0 heterocycles. The van der Waals surface area contributed by atoms with E-state index in [1.54, 1.807) is 0 Å². The average molecular weight is 345 g/mol. The molecule has 1 nitrogen and oxygen atoms in total. The van der Waals surface area contributed by atoms with Gasteiger partial charge in [-0.05, 0) is 16.7 Å². The maximum Gasteiger partial charge on any atom is 0.140 e. The number of aliphatic hydroxyl groups is 1. The molecular formula is C20H18Cl2O. The van der Waals surface area contributed by atoms with Gasteiger partial charge in [0.2, 0.25) is 0 Å². The third-order valence-corrected chi connectivity index (χ3v) is 3.57. The Kier molecular flexibility index (Phi) is 6.66. The van der Waals surface area contributed by atoms with E-state index in [2.05, 4.69) is 0 Å². The van der Waals surface area contributed by atoms with Gasteiger partial charge in [0.25, 0.3) is 0 Å². The van der Waals surface area contributed by atoms with Gasteiger partial charge in [-0.25, -0.2) is 0 Å². The van der Waals surface area contributed by atoms with Gasteiger partial charge >= 0.3 is 0 Å². The highest BCUT2D eigenvalue weighted by Gasteiger charge is 2.33. The first kappa shape index (κ1) is 17.6. The topological polar surface area (TPSA) is 20.2 Å². The van der Waals surface area contributed by atoms with Crippen LogP contribution in [0.2, 0.25) is 0 Å². The number of alkyl halides is 2. The summed E-state index contributed by atoms with van der Waals surface area (Å²) in [5, 5.41) is 11.6. The van der Waals surface area contributed by atoms with Gasteiger partial charge in [0.1, 0.15) is 5.60 Å². The molecule has 0 saturated heterocycles. The van der Waals surface area contributed by atoms with Crippen molar-refractivity contribution in [2.24, 2.45) is 0 Å². The lowest BCUT2D eigenvalue weighted by molar-refractivity contribution is 0.125. The van der Waals surface area contributed by atoms with Crippen molar-refractivity contribution < 1.29 is 5.11 Å². The molecule has 0 aliphatic rings. The Balaban J connectivity index is 0.000000595. The van der Waals surface area contributed by atoms with Gasteiger partial charge < -0.3 is 5.11 Å². The zero-order valence-electron chi connectivity index (χ0n) is 12.6. The Morgan fingerprint density at radius 1 is 0.565 bits per heavy atom. The maximum atomic E-state index is 11.4.